The first-order valence-corrected chi connectivity index (χ1v) is 8.51. The standard InChI is InChI=1S/C20H24N2O/c1-23-18-10-6-5-9-16(18)13-21-19-17-11-12-22(14-17)20(19)15-7-3-2-4-8-15/h2-10,17,19-21H,11-14H2,1H3/t17-,19-,20+/m1/s1. The molecule has 2 fully saturated rings. The van der Waals surface area contributed by atoms with Crippen LogP contribution in [0.1, 0.15) is 23.6 Å². The Kier molecular flexibility index (Phi) is 4.06. The summed E-state index contributed by atoms with van der Waals surface area (Å²) in [6.45, 7) is 3.32. The number of hydrogen-bond acceptors (Lipinski definition) is 3. The van der Waals surface area contributed by atoms with E-state index in [-0.39, 0.29) is 0 Å². The van der Waals surface area contributed by atoms with Crippen LogP contribution in [0.5, 0.6) is 5.75 Å². The number of para-hydroxylation sites is 1. The highest BCUT2D eigenvalue weighted by Crippen LogP contribution is 2.42. The third-order valence-electron chi connectivity index (χ3n) is 5.36. The van der Waals surface area contributed by atoms with Crippen LogP contribution < -0.4 is 10.1 Å². The number of piperidine rings is 1. The summed E-state index contributed by atoms with van der Waals surface area (Å²) in [7, 11) is 1.74. The average Bonchev–Trinajstić information content (AvgIpc) is 3.22. The number of nitrogens with zero attached hydrogens (tertiary/aromatic N) is 1. The maximum absolute atomic E-state index is 5.48. The second-order valence-corrected chi connectivity index (χ2v) is 6.62. The van der Waals surface area contributed by atoms with Crippen molar-refractivity contribution in [1.82, 2.24) is 10.2 Å². The number of hydrogen-bond donors (Lipinski definition) is 1. The monoisotopic (exact) mass is 308 g/mol. The summed E-state index contributed by atoms with van der Waals surface area (Å²) in [6, 6.07) is 20.3. The van der Waals surface area contributed by atoms with Gasteiger partial charge in [0.05, 0.1) is 13.2 Å². The largest absolute Gasteiger partial charge is 0.496 e. The van der Waals surface area contributed by atoms with Crippen LogP contribution in [-0.4, -0.2) is 31.1 Å². The summed E-state index contributed by atoms with van der Waals surface area (Å²) >= 11 is 0. The van der Waals surface area contributed by atoms with Crippen molar-refractivity contribution in [1.29, 1.82) is 0 Å². The van der Waals surface area contributed by atoms with E-state index < -0.39 is 0 Å². The molecule has 0 aromatic heterocycles. The molecule has 2 aromatic carbocycles. The molecule has 2 saturated heterocycles. The Bertz CT molecular complexity index is 658. The van der Waals surface area contributed by atoms with E-state index in [9.17, 15) is 0 Å². The molecule has 0 aliphatic carbocycles. The van der Waals surface area contributed by atoms with Gasteiger partial charge in [0.1, 0.15) is 5.75 Å². The molecule has 2 heterocycles. The lowest BCUT2D eigenvalue weighted by Crippen LogP contribution is -2.42. The van der Waals surface area contributed by atoms with E-state index in [1.165, 1.54) is 30.6 Å². The molecule has 0 amide bonds. The Morgan fingerprint density at radius 3 is 2.70 bits per heavy atom. The molecule has 1 N–H and O–H groups in total. The van der Waals surface area contributed by atoms with Crippen molar-refractivity contribution in [3.63, 3.8) is 0 Å². The first-order valence-electron chi connectivity index (χ1n) is 8.51. The van der Waals surface area contributed by atoms with Gasteiger partial charge < -0.3 is 10.1 Å². The van der Waals surface area contributed by atoms with Gasteiger partial charge in [-0.1, -0.05) is 48.5 Å². The zero-order valence-electron chi connectivity index (χ0n) is 13.6. The van der Waals surface area contributed by atoms with E-state index in [2.05, 4.69) is 52.7 Å². The molecule has 0 radical (unpaired) electrons. The number of nitrogens with one attached hydrogen (secondary N) is 1. The molecule has 4 rings (SSSR count). The molecule has 1 unspecified atom stereocenters. The molecule has 2 bridgehead atoms. The van der Waals surface area contributed by atoms with Gasteiger partial charge in [-0.2, -0.15) is 0 Å². The minimum Gasteiger partial charge on any atom is -0.496 e. The number of ether oxygens (including phenoxy) is 1. The van der Waals surface area contributed by atoms with E-state index in [4.69, 9.17) is 4.74 Å². The maximum atomic E-state index is 5.48. The van der Waals surface area contributed by atoms with E-state index in [1.807, 2.05) is 12.1 Å². The third-order valence-corrected chi connectivity index (χ3v) is 5.36. The van der Waals surface area contributed by atoms with Crippen molar-refractivity contribution >= 4 is 0 Å². The second-order valence-electron chi connectivity index (χ2n) is 6.62. The Morgan fingerprint density at radius 1 is 1.09 bits per heavy atom. The van der Waals surface area contributed by atoms with Gasteiger partial charge in [-0.3, -0.25) is 4.90 Å². The van der Waals surface area contributed by atoms with Crippen molar-refractivity contribution in [2.24, 2.45) is 5.92 Å². The summed E-state index contributed by atoms with van der Waals surface area (Å²) in [5.74, 6) is 1.73. The van der Waals surface area contributed by atoms with Gasteiger partial charge in [0.25, 0.3) is 0 Å². The van der Waals surface area contributed by atoms with Crippen molar-refractivity contribution in [3.05, 3.63) is 65.7 Å². The van der Waals surface area contributed by atoms with Gasteiger partial charge in [0.15, 0.2) is 0 Å². The average molecular weight is 308 g/mol. The second kappa shape index (κ2) is 6.34. The van der Waals surface area contributed by atoms with Crippen LogP contribution >= 0.6 is 0 Å². The van der Waals surface area contributed by atoms with Crippen molar-refractivity contribution < 1.29 is 4.74 Å². The highest BCUT2D eigenvalue weighted by molar-refractivity contribution is 5.33. The smallest absolute Gasteiger partial charge is 0.123 e. The first-order chi connectivity index (χ1) is 11.4. The molecule has 2 aliphatic heterocycles. The fourth-order valence-corrected chi connectivity index (χ4v) is 4.27. The van der Waals surface area contributed by atoms with Crippen LogP contribution in [0.3, 0.4) is 0 Å². The number of rotatable bonds is 5. The van der Waals surface area contributed by atoms with E-state index in [0.29, 0.717) is 12.1 Å². The minimum absolute atomic E-state index is 0.504. The highest BCUT2D eigenvalue weighted by atomic mass is 16.5. The first kappa shape index (κ1) is 14.7. The molecule has 2 aliphatic rings. The summed E-state index contributed by atoms with van der Waals surface area (Å²) in [6.07, 6.45) is 1.31. The van der Waals surface area contributed by atoms with Crippen LogP contribution in [0.4, 0.5) is 0 Å². The summed E-state index contributed by atoms with van der Waals surface area (Å²) in [5.41, 5.74) is 2.67. The quantitative estimate of drug-likeness (QED) is 0.918. The highest BCUT2D eigenvalue weighted by Gasteiger charge is 2.46. The van der Waals surface area contributed by atoms with Gasteiger partial charge >= 0.3 is 0 Å². The molecular weight excluding hydrogens is 284 g/mol. The van der Waals surface area contributed by atoms with Gasteiger partial charge in [0, 0.05) is 24.7 Å². The molecule has 120 valence electrons. The fraction of sp³-hybridized carbons (Fsp3) is 0.400. The van der Waals surface area contributed by atoms with Gasteiger partial charge in [0.2, 0.25) is 0 Å². The Morgan fingerprint density at radius 2 is 1.87 bits per heavy atom. The topological polar surface area (TPSA) is 24.5 Å². The van der Waals surface area contributed by atoms with Crippen LogP contribution in [0.2, 0.25) is 0 Å². The van der Waals surface area contributed by atoms with Gasteiger partial charge in [-0.15, -0.1) is 0 Å². The minimum atomic E-state index is 0.504. The predicted octanol–water partition coefficient (Wildman–Crippen LogP) is 3.23. The van der Waals surface area contributed by atoms with Crippen molar-refractivity contribution in [2.45, 2.75) is 25.0 Å². The zero-order valence-corrected chi connectivity index (χ0v) is 13.6. The van der Waals surface area contributed by atoms with Crippen LogP contribution in [0.25, 0.3) is 0 Å². The predicted molar refractivity (Wildman–Crippen MR) is 92.5 cm³/mol. The number of fused-ring (bicyclic) bond motifs is 2. The van der Waals surface area contributed by atoms with Crippen molar-refractivity contribution in [3.8, 4) is 5.75 Å². The SMILES string of the molecule is COc1ccccc1CN[C@@H]1[C@@H]2CCN(C2)[C@H]1c1ccccc1. The Hall–Kier alpha value is -1.84. The lowest BCUT2D eigenvalue weighted by molar-refractivity contribution is 0.217. The van der Waals surface area contributed by atoms with Crippen LogP contribution in [0.15, 0.2) is 54.6 Å². The third kappa shape index (κ3) is 2.75. The molecule has 0 saturated carbocycles. The molecule has 4 atom stereocenters. The Balaban J connectivity index is 1.53. The molecule has 23 heavy (non-hydrogen) atoms. The van der Waals surface area contributed by atoms with Crippen molar-refractivity contribution in [2.75, 3.05) is 20.2 Å². The van der Waals surface area contributed by atoms with E-state index in [0.717, 1.165) is 18.2 Å². The van der Waals surface area contributed by atoms with Crippen LogP contribution in [-0.2, 0) is 6.54 Å². The summed E-state index contributed by atoms with van der Waals surface area (Å²) < 4.78 is 5.48. The maximum Gasteiger partial charge on any atom is 0.123 e. The van der Waals surface area contributed by atoms with Gasteiger partial charge in [-0.05, 0) is 30.5 Å². The lowest BCUT2D eigenvalue weighted by Gasteiger charge is -2.33. The normalized spacial score (nSPS) is 28.9. The molecular formula is C20H24N2O. The van der Waals surface area contributed by atoms with Crippen LogP contribution in [0, 0.1) is 5.92 Å². The zero-order chi connectivity index (χ0) is 15.6. The molecule has 3 nitrogen and oxygen atoms in total. The number of methoxy groups -OCH3 is 1. The van der Waals surface area contributed by atoms with E-state index >= 15 is 0 Å². The Labute approximate surface area is 138 Å². The lowest BCUT2D eigenvalue weighted by atomic mass is 9.89. The number of benzene rings is 2. The summed E-state index contributed by atoms with van der Waals surface area (Å²) in [5, 5.41) is 3.83. The summed E-state index contributed by atoms with van der Waals surface area (Å²) in [4.78, 5) is 2.64. The fourth-order valence-electron chi connectivity index (χ4n) is 4.27. The molecule has 0 spiro atoms. The molecule has 3 heteroatoms. The van der Waals surface area contributed by atoms with Gasteiger partial charge in [-0.25, -0.2) is 0 Å². The van der Waals surface area contributed by atoms with E-state index in [1.54, 1.807) is 7.11 Å². The molecule has 2 aromatic rings.